The lowest BCUT2D eigenvalue weighted by atomic mass is 9.96. The zero-order valence-corrected chi connectivity index (χ0v) is 17.2. The van der Waals surface area contributed by atoms with Crippen LogP contribution in [0.1, 0.15) is 39.5 Å². The molecular weight excluding hydrogens is 352 g/mol. The monoisotopic (exact) mass is 386 g/mol. The molecule has 0 spiro atoms. The molecule has 2 aliphatic heterocycles. The van der Waals surface area contributed by atoms with Crippen molar-refractivity contribution in [1.82, 2.24) is 15.5 Å². The second-order valence-corrected chi connectivity index (χ2v) is 7.99. The molecular formula is C22H34N4O2. The fourth-order valence-electron chi connectivity index (χ4n) is 4.35. The molecule has 154 valence electrons. The van der Waals surface area contributed by atoms with Crippen molar-refractivity contribution < 1.29 is 9.59 Å². The van der Waals surface area contributed by atoms with E-state index in [1.54, 1.807) is 0 Å². The first-order valence-electron chi connectivity index (χ1n) is 10.7. The molecule has 0 radical (unpaired) electrons. The molecule has 2 N–H and O–H groups in total. The van der Waals surface area contributed by atoms with Gasteiger partial charge >= 0.3 is 0 Å². The molecule has 2 aliphatic rings. The van der Waals surface area contributed by atoms with E-state index in [9.17, 15) is 9.59 Å². The Bertz CT molecular complexity index is 645. The van der Waals surface area contributed by atoms with Gasteiger partial charge in [0.1, 0.15) is 0 Å². The van der Waals surface area contributed by atoms with Gasteiger partial charge in [-0.2, -0.15) is 0 Å². The van der Waals surface area contributed by atoms with Crippen molar-refractivity contribution >= 4 is 17.5 Å². The molecule has 0 aliphatic carbocycles. The second-order valence-electron chi connectivity index (χ2n) is 7.99. The van der Waals surface area contributed by atoms with Gasteiger partial charge in [0.25, 0.3) is 0 Å². The fourth-order valence-corrected chi connectivity index (χ4v) is 4.35. The van der Waals surface area contributed by atoms with E-state index in [4.69, 9.17) is 0 Å². The lowest BCUT2D eigenvalue weighted by molar-refractivity contribution is -0.125. The van der Waals surface area contributed by atoms with Crippen LogP contribution in [-0.2, 0) is 9.59 Å². The Morgan fingerprint density at radius 2 is 2.04 bits per heavy atom. The minimum Gasteiger partial charge on any atom is -0.354 e. The zero-order chi connectivity index (χ0) is 19.9. The number of nitrogens with one attached hydrogen (secondary N) is 2. The van der Waals surface area contributed by atoms with E-state index < -0.39 is 0 Å². The molecule has 3 unspecified atom stereocenters. The first-order chi connectivity index (χ1) is 13.6. The van der Waals surface area contributed by atoms with Gasteiger partial charge in [-0.3, -0.25) is 14.5 Å². The molecule has 3 rings (SSSR count). The van der Waals surface area contributed by atoms with Gasteiger partial charge < -0.3 is 15.5 Å². The van der Waals surface area contributed by atoms with Crippen molar-refractivity contribution in [2.75, 3.05) is 37.6 Å². The van der Waals surface area contributed by atoms with Gasteiger partial charge in [-0.15, -0.1) is 0 Å². The maximum absolute atomic E-state index is 13.1. The summed E-state index contributed by atoms with van der Waals surface area (Å²) < 4.78 is 0. The van der Waals surface area contributed by atoms with Crippen LogP contribution in [0.15, 0.2) is 30.3 Å². The lowest BCUT2D eigenvalue weighted by Crippen LogP contribution is -2.52. The molecule has 3 atom stereocenters. The number of carbonyl (C=O) groups is 2. The van der Waals surface area contributed by atoms with E-state index in [0.717, 1.165) is 51.0 Å². The molecule has 2 heterocycles. The summed E-state index contributed by atoms with van der Waals surface area (Å²) in [6, 6.07) is 9.69. The summed E-state index contributed by atoms with van der Waals surface area (Å²) in [5.41, 5.74) is 0.951. The number of likely N-dealkylation sites (N-methyl/N-ethyl adjacent to an activating group) is 1. The molecule has 6 heteroatoms. The Hall–Kier alpha value is -1.92. The molecule has 2 fully saturated rings. The van der Waals surface area contributed by atoms with Crippen LogP contribution in [-0.4, -0.2) is 61.5 Å². The van der Waals surface area contributed by atoms with E-state index in [2.05, 4.69) is 15.5 Å². The predicted molar refractivity (Wildman–Crippen MR) is 112 cm³/mol. The Balaban J connectivity index is 1.53. The third-order valence-corrected chi connectivity index (χ3v) is 6.05. The molecule has 1 aromatic carbocycles. The highest BCUT2D eigenvalue weighted by Crippen LogP contribution is 2.21. The third kappa shape index (κ3) is 5.11. The third-order valence-electron chi connectivity index (χ3n) is 6.05. The van der Waals surface area contributed by atoms with E-state index in [1.165, 1.54) is 0 Å². The number of hydrogen-bond donors (Lipinski definition) is 2. The Morgan fingerprint density at radius 3 is 2.71 bits per heavy atom. The van der Waals surface area contributed by atoms with Crippen LogP contribution in [0.3, 0.4) is 0 Å². The van der Waals surface area contributed by atoms with Crippen molar-refractivity contribution in [3.63, 3.8) is 0 Å². The minimum absolute atomic E-state index is 0.0239. The number of para-hydroxylation sites is 1. The van der Waals surface area contributed by atoms with Crippen LogP contribution in [0.25, 0.3) is 0 Å². The van der Waals surface area contributed by atoms with Gasteiger partial charge in [0.2, 0.25) is 11.8 Å². The first-order valence-corrected chi connectivity index (χ1v) is 10.7. The summed E-state index contributed by atoms with van der Waals surface area (Å²) in [6.45, 7) is 8.12. The average Bonchev–Trinajstić information content (AvgIpc) is 3.28. The number of rotatable bonds is 7. The summed E-state index contributed by atoms with van der Waals surface area (Å²) in [5.74, 6) is 0.676. The van der Waals surface area contributed by atoms with Gasteiger partial charge in [0, 0.05) is 25.3 Å². The number of hydrogen-bond acceptors (Lipinski definition) is 4. The number of nitrogens with zero attached hydrogens (tertiary/aromatic N) is 2. The molecule has 1 aromatic rings. The molecule has 2 saturated heterocycles. The van der Waals surface area contributed by atoms with E-state index >= 15 is 0 Å². The van der Waals surface area contributed by atoms with Crippen LogP contribution in [0, 0.1) is 5.92 Å². The second kappa shape index (κ2) is 10.0. The number of piperidine rings is 1. The van der Waals surface area contributed by atoms with Gasteiger partial charge in [-0.25, -0.2) is 0 Å². The van der Waals surface area contributed by atoms with Gasteiger partial charge in [-0.05, 0) is 70.7 Å². The van der Waals surface area contributed by atoms with Gasteiger partial charge in [-0.1, -0.05) is 18.2 Å². The number of benzene rings is 1. The molecule has 6 nitrogen and oxygen atoms in total. The average molecular weight is 387 g/mol. The van der Waals surface area contributed by atoms with Gasteiger partial charge in [0.05, 0.1) is 12.1 Å². The number of likely N-dealkylation sites (tertiary alicyclic amines) is 1. The maximum Gasteiger partial charge on any atom is 0.244 e. The number of carbonyl (C=O) groups excluding carboxylic acids is 2. The molecule has 0 aromatic heterocycles. The van der Waals surface area contributed by atoms with Crippen LogP contribution >= 0.6 is 0 Å². The van der Waals surface area contributed by atoms with Gasteiger partial charge in [0.15, 0.2) is 0 Å². The zero-order valence-electron chi connectivity index (χ0n) is 17.2. The standard InChI is InChI=1S/C22H34N4O2/c1-3-26(19-10-5-4-6-11-19)22(28)17(2)25-14-8-9-18(16-25)15-24-21(27)20-12-7-13-23-20/h4-6,10-11,17-18,20,23H,3,7-9,12-16H2,1-2H3,(H,24,27). The van der Waals surface area contributed by atoms with Crippen LogP contribution < -0.4 is 15.5 Å². The van der Waals surface area contributed by atoms with Crippen LogP contribution in [0.2, 0.25) is 0 Å². The smallest absolute Gasteiger partial charge is 0.244 e. The molecule has 2 amide bonds. The summed E-state index contributed by atoms with van der Waals surface area (Å²) in [4.78, 5) is 29.5. The summed E-state index contributed by atoms with van der Waals surface area (Å²) in [6.07, 6.45) is 4.17. The van der Waals surface area contributed by atoms with E-state index in [1.807, 2.05) is 49.1 Å². The molecule has 28 heavy (non-hydrogen) atoms. The first kappa shape index (κ1) is 20.8. The van der Waals surface area contributed by atoms with Crippen molar-refractivity contribution in [2.24, 2.45) is 5.92 Å². The fraction of sp³-hybridized carbons (Fsp3) is 0.636. The number of anilines is 1. The highest BCUT2D eigenvalue weighted by Gasteiger charge is 2.31. The molecule has 0 bridgehead atoms. The van der Waals surface area contributed by atoms with Crippen molar-refractivity contribution in [3.8, 4) is 0 Å². The van der Waals surface area contributed by atoms with Crippen molar-refractivity contribution in [3.05, 3.63) is 30.3 Å². The number of amides is 2. The van der Waals surface area contributed by atoms with E-state index in [0.29, 0.717) is 19.0 Å². The predicted octanol–water partition coefficient (Wildman–Crippen LogP) is 2.01. The largest absolute Gasteiger partial charge is 0.354 e. The SMILES string of the molecule is CCN(C(=O)C(C)N1CCCC(CNC(=O)C2CCCN2)C1)c1ccccc1. The van der Waals surface area contributed by atoms with E-state index in [-0.39, 0.29) is 23.9 Å². The Kier molecular flexibility index (Phi) is 7.45. The normalized spacial score (nSPS) is 23.9. The minimum atomic E-state index is -0.157. The highest BCUT2D eigenvalue weighted by atomic mass is 16.2. The topological polar surface area (TPSA) is 64.7 Å². The maximum atomic E-state index is 13.1. The summed E-state index contributed by atoms with van der Waals surface area (Å²) in [7, 11) is 0. The summed E-state index contributed by atoms with van der Waals surface area (Å²) >= 11 is 0. The quantitative estimate of drug-likeness (QED) is 0.752. The Labute approximate surface area is 168 Å². The van der Waals surface area contributed by atoms with Crippen molar-refractivity contribution in [1.29, 1.82) is 0 Å². The van der Waals surface area contributed by atoms with Crippen molar-refractivity contribution in [2.45, 2.75) is 51.6 Å². The summed E-state index contributed by atoms with van der Waals surface area (Å²) in [5, 5.41) is 6.37. The molecule has 0 saturated carbocycles. The lowest BCUT2D eigenvalue weighted by Gasteiger charge is -2.38. The van der Waals surface area contributed by atoms with Crippen LogP contribution in [0.5, 0.6) is 0 Å². The highest BCUT2D eigenvalue weighted by molar-refractivity contribution is 5.96. The Morgan fingerprint density at radius 1 is 1.25 bits per heavy atom. The van der Waals surface area contributed by atoms with Crippen LogP contribution in [0.4, 0.5) is 5.69 Å².